The van der Waals surface area contributed by atoms with Gasteiger partial charge in [-0.2, -0.15) is 0 Å². The van der Waals surface area contributed by atoms with E-state index in [0.717, 1.165) is 12.8 Å². The molecular weight excluding hydrogens is 659 g/mol. The molecule has 0 spiro atoms. The second kappa shape index (κ2) is 15.3. The fraction of sp³-hybridized carbons (Fsp3) is 0.378. The van der Waals surface area contributed by atoms with Gasteiger partial charge in [0.05, 0.1) is 0 Å². The maximum atomic E-state index is 2.66. The van der Waals surface area contributed by atoms with E-state index >= 15 is 0 Å². The fourth-order valence-electron chi connectivity index (χ4n) is 9.25. The van der Waals surface area contributed by atoms with E-state index in [1.54, 1.807) is 22.3 Å². The quantitative estimate of drug-likeness (QED) is 0.153. The van der Waals surface area contributed by atoms with Gasteiger partial charge in [-0.05, 0) is 0 Å². The molecule has 0 nitrogen and oxygen atoms in total. The first-order valence-corrected chi connectivity index (χ1v) is 22.2. The molecule has 48 heavy (non-hydrogen) atoms. The predicted octanol–water partition coefficient (Wildman–Crippen LogP) is 7.22. The molecule has 2 aliphatic carbocycles. The Morgan fingerprint density at radius 2 is 0.958 bits per heavy atom. The third kappa shape index (κ3) is 6.37. The van der Waals surface area contributed by atoms with E-state index in [2.05, 4.69) is 139 Å². The minimum Gasteiger partial charge on any atom is -1.00 e. The van der Waals surface area contributed by atoms with Crippen LogP contribution < -0.4 is 24.8 Å². The van der Waals surface area contributed by atoms with Crippen molar-refractivity contribution >= 4 is 12.2 Å². The van der Waals surface area contributed by atoms with Crippen LogP contribution in [0.3, 0.4) is 0 Å². The van der Waals surface area contributed by atoms with Crippen molar-refractivity contribution in [2.75, 3.05) is 0 Å². The van der Waals surface area contributed by atoms with Crippen molar-refractivity contribution in [1.82, 2.24) is 0 Å². The fourth-order valence-corrected chi connectivity index (χ4v) is 19.5. The summed E-state index contributed by atoms with van der Waals surface area (Å²) in [7, 11) is 0. The Labute approximate surface area is 306 Å². The van der Waals surface area contributed by atoms with Crippen LogP contribution in [0.25, 0.3) is 34.4 Å². The van der Waals surface area contributed by atoms with Crippen LogP contribution >= 0.6 is 0 Å². The topological polar surface area (TPSA) is 0 Å². The first-order valence-electron chi connectivity index (χ1n) is 18.2. The van der Waals surface area contributed by atoms with Gasteiger partial charge < -0.3 is 24.8 Å². The molecule has 4 aromatic rings. The summed E-state index contributed by atoms with van der Waals surface area (Å²) in [5.74, 6) is 1.11. The second-order valence-electron chi connectivity index (χ2n) is 15.1. The van der Waals surface area contributed by atoms with Crippen molar-refractivity contribution in [1.29, 1.82) is 0 Å². The molecule has 0 aromatic heterocycles. The van der Waals surface area contributed by atoms with Gasteiger partial charge in [0.25, 0.3) is 0 Å². The van der Waals surface area contributed by atoms with Gasteiger partial charge in [0, 0.05) is 0 Å². The van der Waals surface area contributed by atoms with Crippen LogP contribution in [0.2, 0.25) is 9.45 Å². The number of halogens is 2. The number of rotatable bonds is 10. The molecule has 2 atom stereocenters. The Morgan fingerprint density at radius 3 is 1.27 bits per heavy atom. The predicted molar refractivity (Wildman–Crippen MR) is 197 cm³/mol. The molecule has 1 aliphatic heterocycles. The van der Waals surface area contributed by atoms with Crippen molar-refractivity contribution in [2.24, 2.45) is 11.8 Å². The zero-order valence-corrected chi connectivity index (χ0v) is 32.8. The first kappa shape index (κ1) is 36.9. The SMILES string of the molecule is CCCc1ccc(-c2cccc3c2C=C(C(C)C)[CH]3[Ti+2]2([CH]3C(C(C)C)=Cc4c(-c5ccc(CCC)cc5)cccc43)[CH2]C[CH2]2)cc1.[Cl-].[Cl-]. The van der Waals surface area contributed by atoms with E-state index in [0.29, 0.717) is 20.3 Å². The van der Waals surface area contributed by atoms with Crippen molar-refractivity contribution in [3.05, 3.63) is 129 Å². The van der Waals surface area contributed by atoms with Crippen molar-refractivity contribution in [2.45, 2.75) is 91.5 Å². The van der Waals surface area contributed by atoms with Crippen LogP contribution in [-0.4, -0.2) is 0 Å². The van der Waals surface area contributed by atoms with Gasteiger partial charge in [0.2, 0.25) is 0 Å². The van der Waals surface area contributed by atoms with Gasteiger partial charge in [0.15, 0.2) is 0 Å². The Hall–Kier alpha value is -2.35. The molecule has 0 N–H and O–H groups in total. The van der Waals surface area contributed by atoms with Gasteiger partial charge in [-0.1, -0.05) is 0 Å². The van der Waals surface area contributed by atoms with E-state index in [4.69, 9.17) is 0 Å². The molecule has 250 valence electrons. The van der Waals surface area contributed by atoms with Gasteiger partial charge in [-0.3, -0.25) is 0 Å². The minimum absolute atomic E-state index is 0. The first-order chi connectivity index (χ1) is 22.4. The van der Waals surface area contributed by atoms with E-state index < -0.39 is 16.6 Å². The maximum Gasteiger partial charge on any atom is -1.00 e. The van der Waals surface area contributed by atoms with Gasteiger partial charge in [-0.25, -0.2) is 0 Å². The summed E-state index contributed by atoms with van der Waals surface area (Å²) >= 11 is -2.58. The van der Waals surface area contributed by atoms with Crippen LogP contribution in [0.1, 0.15) is 103 Å². The molecule has 3 heteroatoms. The standard InChI is InChI=1S/2C21H23.C3H6.2ClH.Ti/c2*1-4-6-16-9-11-17(12-10-16)20-8-5-7-18-13-19(15(2)3)14-21(18)20;1-3-2;;;/h2*5,7-15H,4,6H2,1-3H3;1-3H2;2*1H;/q;;;;;+2/p-2. The molecular formula is C45H52Cl2Ti. The molecule has 0 saturated carbocycles. The van der Waals surface area contributed by atoms with Crippen LogP contribution in [0.15, 0.2) is 96.1 Å². The average Bonchev–Trinajstić information content (AvgIpc) is 3.63. The molecule has 1 heterocycles. The van der Waals surface area contributed by atoms with Crippen LogP contribution in [-0.2, 0) is 29.4 Å². The van der Waals surface area contributed by atoms with Gasteiger partial charge in [-0.15, -0.1) is 0 Å². The molecule has 1 saturated heterocycles. The molecule has 0 bridgehead atoms. The van der Waals surface area contributed by atoms with Crippen molar-refractivity contribution < 1.29 is 41.4 Å². The summed E-state index contributed by atoms with van der Waals surface area (Å²) in [6, 6.07) is 33.5. The van der Waals surface area contributed by atoms with Crippen molar-refractivity contribution in [3.63, 3.8) is 0 Å². The largest absolute Gasteiger partial charge is 1.00 e. The minimum atomic E-state index is -2.58. The number of allylic oxidation sites excluding steroid dienone is 2. The van der Waals surface area contributed by atoms with E-state index in [9.17, 15) is 0 Å². The summed E-state index contributed by atoms with van der Waals surface area (Å²) in [4.78, 5) is 0. The number of hydrogen-bond acceptors (Lipinski definition) is 0. The summed E-state index contributed by atoms with van der Waals surface area (Å²) in [6.45, 7) is 14.4. The monoisotopic (exact) mass is 710 g/mol. The number of aryl methyl sites for hydroxylation is 2. The summed E-state index contributed by atoms with van der Waals surface area (Å²) in [5.41, 5.74) is 18.3. The molecule has 2 unspecified atom stereocenters. The van der Waals surface area contributed by atoms with Crippen LogP contribution in [0.5, 0.6) is 0 Å². The van der Waals surface area contributed by atoms with Crippen LogP contribution in [0, 0.1) is 11.8 Å². The summed E-state index contributed by atoms with van der Waals surface area (Å²) in [5, 5.41) is 0. The normalized spacial score (nSPS) is 18.1. The second-order valence-corrected chi connectivity index (χ2v) is 22.3. The molecule has 0 radical (unpaired) electrons. The zero-order chi connectivity index (χ0) is 32.0. The van der Waals surface area contributed by atoms with Crippen LogP contribution in [0.4, 0.5) is 0 Å². The Kier molecular flexibility index (Phi) is 11.7. The average molecular weight is 712 g/mol. The van der Waals surface area contributed by atoms with E-state index in [1.165, 1.54) is 73.2 Å². The Morgan fingerprint density at radius 1 is 0.562 bits per heavy atom. The smallest absolute Gasteiger partial charge is 1.00 e. The van der Waals surface area contributed by atoms with E-state index in [1.807, 2.05) is 0 Å². The third-order valence-corrected chi connectivity index (χ3v) is 21.2. The molecule has 1 fully saturated rings. The molecule has 0 amide bonds. The van der Waals surface area contributed by atoms with E-state index in [-0.39, 0.29) is 24.8 Å². The Balaban J connectivity index is 0.00000225. The molecule has 7 rings (SSSR count). The van der Waals surface area contributed by atoms with Crippen molar-refractivity contribution in [3.8, 4) is 22.3 Å². The summed E-state index contributed by atoms with van der Waals surface area (Å²) in [6.07, 6.45) is 11.4. The Bertz CT molecular complexity index is 1660. The zero-order valence-electron chi connectivity index (χ0n) is 29.8. The molecule has 4 aromatic carbocycles. The number of benzene rings is 4. The van der Waals surface area contributed by atoms with Gasteiger partial charge in [0.1, 0.15) is 0 Å². The van der Waals surface area contributed by atoms with Gasteiger partial charge >= 0.3 is 284 Å². The number of fused-ring (bicyclic) bond motifs is 2. The third-order valence-electron chi connectivity index (χ3n) is 11.6. The molecule has 3 aliphatic rings. The summed E-state index contributed by atoms with van der Waals surface area (Å²) < 4.78 is 4.24. The maximum absolute atomic E-state index is 2.66. The number of hydrogen-bond donors (Lipinski definition) is 0.